The molecule has 2 rings (SSSR count). The molecule has 0 aromatic heterocycles. The van der Waals surface area contributed by atoms with Crippen LogP contribution in [0.4, 0.5) is 0 Å². The van der Waals surface area contributed by atoms with Gasteiger partial charge in [0.15, 0.2) is 0 Å². The van der Waals surface area contributed by atoms with Gasteiger partial charge >= 0.3 is 0 Å². The maximum absolute atomic E-state index is 5.57. The minimum absolute atomic E-state index is 0. The van der Waals surface area contributed by atoms with Gasteiger partial charge in [-0.25, -0.2) is 0 Å². The van der Waals surface area contributed by atoms with Crippen LogP contribution in [0.5, 0.6) is 0 Å². The first-order chi connectivity index (χ1) is 7.05. The van der Waals surface area contributed by atoms with E-state index in [-0.39, 0.29) is 42.2 Å². The zero-order valence-corrected chi connectivity index (χ0v) is 12.5. The minimum Gasteiger partial charge on any atom is -0.748 e. The van der Waals surface area contributed by atoms with Gasteiger partial charge in [-0.2, -0.15) is 34.8 Å². The van der Waals surface area contributed by atoms with Crippen molar-refractivity contribution >= 4 is 58.0 Å². The Morgan fingerprint density at radius 2 is 0.938 bits per heavy atom. The molecule has 0 saturated heterocycles. The van der Waals surface area contributed by atoms with Crippen LogP contribution in [0.2, 0.25) is 25.1 Å². The van der Waals surface area contributed by atoms with Gasteiger partial charge < -0.3 is 30.3 Å². The van der Waals surface area contributed by atoms with Crippen molar-refractivity contribution in [2.75, 3.05) is 0 Å². The van der Waals surface area contributed by atoms with E-state index >= 15 is 0 Å². The average Bonchev–Trinajstić information content (AvgIpc) is 2.86. The van der Waals surface area contributed by atoms with Crippen molar-refractivity contribution in [2.45, 2.75) is 0 Å². The first kappa shape index (κ1) is 16.7. The van der Waals surface area contributed by atoms with Crippen LogP contribution in [0, 0.1) is 0 Å². The summed E-state index contributed by atoms with van der Waals surface area (Å²) in [7, 11) is 0. The van der Waals surface area contributed by atoms with E-state index in [9.17, 15) is 0 Å². The van der Waals surface area contributed by atoms with Gasteiger partial charge in [-0.05, 0) is 15.1 Å². The van der Waals surface area contributed by atoms with Crippen molar-refractivity contribution in [2.24, 2.45) is 0 Å². The SMILES string of the molecule is Clc1c(Cl)c(Cl)[c-](Cl)c1Cl.[Fe].[cH-]1[cH-][cH-][cH-][cH-]1. The molecular formula is C10H5Cl5Fe-6. The van der Waals surface area contributed by atoms with Gasteiger partial charge in [0.25, 0.3) is 0 Å². The molecule has 0 amide bonds. The quantitative estimate of drug-likeness (QED) is 0.396. The molecule has 0 fully saturated rings. The normalized spacial score (nSPS) is 9.06. The van der Waals surface area contributed by atoms with Crippen LogP contribution >= 0.6 is 58.0 Å². The third-order valence-corrected chi connectivity index (χ3v) is 3.89. The Bertz CT molecular complexity index is 321. The van der Waals surface area contributed by atoms with Gasteiger partial charge in [-0.3, -0.25) is 0 Å². The zero-order valence-electron chi connectivity index (χ0n) is 7.63. The molecule has 0 bridgehead atoms. The molecule has 0 spiro atoms. The molecule has 6 heteroatoms. The standard InChI is InChI=1S/C5Cl5.C5H5.Fe/c6-1-2(7)4(9)5(10)3(1)8;1-2-4-5-3-1;/h;1-5H;/q-1;-5;. The monoisotopic (exact) mass is 356 g/mol. The van der Waals surface area contributed by atoms with E-state index in [4.69, 9.17) is 58.0 Å². The molecule has 0 aliphatic rings. The minimum atomic E-state index is 0. The largest absolute Gasteiger partial charge is 0.748 e. The molecule has 0 aliphatic carbocycles. The van der Waals surface area contributed by atoms with Crippen molar-refractivity contribution in [1.29, 1.82) is 0 Å². The van der Waals surface area contributed by atoms with Crippen LogP contribution in [-0.2, 0) is 17.1 Å². The van der Waals surface area contributed by atoms with Crippen LogP contribution in [-0.4, -0.2) is 0 Å². The molecule has 0 N–H and O–H groups in total. The molecule has 2 aromatic rings. The Kier molecular flexibility index (Phi) is 8.22. The summed E-state index contributed by atoms with van der Waals surface area (Å²) in [6, 6.07) is 10.0. The number of halogens is 5. The summed E-state index contributed by atoms with van der Waals surface area (Å²) in [5.41, 5.74) is 0. The second kappa shape index (κ2) is 7.89. The van der Waals surface area contributed by atoms with Gasteiger partial charge in [0.05, 0.1) is 0 Å². The van der Waals surface area contributed by atoms with E-state index < -0.39 is 0 Å². The van der Waals surface area contributed by atoms with Gasteiger partial charge in [0, 0.05) is 17.1 Å². The van der Waals surface area contributed by atoms with Crippen molar-refractivity contribution in [3.8, 4) is 0 Å². The molecule has 94 valence electrons. The van der Waals surface area contributed by atoms with E-state index in [0.717, 1.165) is 0 Å². The molecule has 0 saturated carbocycles. The molecular weight excluding hydrogens is 353 g/mol. The Hall–Kier alpha value is 0.669. The topological polar surface area (TPSA) is 0 Å². The fourth-order valence-corrected chi connectivity index (χ4v) is 1.99. The first-order valence-corrected chi connectivity index (χ1v) is 5.75. The predicted molar refractivity (Wildman–Crippen MR) is 69.1 cm³/mol. The van der Waals surface area contributed by atoms with Crippen LogP contribution < -0.4 is 0 Å². The maximum atomic E-state index is 5.57. The molecule has 0 nitrogen and oxygen atoms in total. The summed E-state index contributed by atoms with van der Waals surface area (Å²) in [5, 5.41) is 1.03. The van der Waals surface area contributed by atoms with Gasteiger partial charge in [-0.15, -0.1) is 23.2 Å². The average molecular weight is 358 g/mol. The van der Waals surface area contributed by atoms with Gasteiger partial charge in [0.1, 0.15) is 0 Å². The van der Waals surface area contributed by atoms with Crippen LogP contribution in [0.1, 0.15) is 0 Å². The van der Waals surface area contributed by atoms with Crippen LogP contribution in [0.25, 0.3) is 0 Å². The zero-order chi connectivity index (χ0) is 11.4. The second-order valence-electron chi connectivity index (χ2n) is 2.53. The first-order valence-electron chi connectivity index (χ1n) is 3.86. The van der Waals surface area contributed by atoms with Crippen molar-refractivity contribution in [1.82, 2.24) is 0 Å². The van der Waals surface area contributed by atoms with E-state index in [2.05, 4.69) is 0 Å². The summed E-state index contributed by atoms with van der Waals surface area (Å²) < 4.78 is 0. The summed E-state index contributed by atoms with van der Waals surface area (Å²) in [6.45, 7) is 0. The molecule has 0 atom stereocenters. The summed E-state index contributed by atoms with van der Waals surface area (Å²) >= 11 is 27.9. The van der Waals surface area contributed by atoms with Crippen molar-refractivity contribution in [3.63, 3.8) is 0 Å². The van der Waals surface area contributed by atoms with E-state index in [1.807, 2.05) is 30.3 Å². The molecule has 0 radical (unpaired) electrons. The van der Waals surface area contributed by atoms with E-state index in [1.165, 1.54) is 0 Å². The van der Waals surface area contributed by atoms with Crippen molar-refractivity contribution < 1.29 is 17.1 Å². The smallest absolute Gasteiger partial charge is 0 e. The Morgan fingerprint density at radius 1 is 0.688 bits per heavy atom. The Labute approximate surface area is 130 Å². The maximum Gasteiger partial charge on any atom is 0 e. The second-order valence-corrected chi connectivity index (χ2v) is 4.42. The molecule has 0 aliphatic heterocycles. The molecule has 2 aromatic carbocycles. The van der Waals surface area contributed by atoms with Crippen LogP contribution in [0.3, 0.4) is 0 Å². The number of hydrogen-bond donors (Lipinski definition) is 0. The third kappa shape index (κ3) is 4.16. The number of hydrogen-bond acceptors (Lipinski definition) is 0. The molecule has 0 heterocycles. The fourth-order valence-electron chi connectivity index (χ4n) is 0.803. The van der Waals surface area contributed by atoms with Crippen molar-refractivity contribution in [3.05, 3.63) is 55.4 Å². The summed E-state index contributed by atoms with van der Waals surface area (Å²) in [5.74, 6) is 0. The van der Waals surface area contributed by atoms with Crippen LogP contribution in [0.15, 0.2) is 30.3 Å². The molecule has 0 unspecified atom stereocenters. The predicted octanol–water partition coefficient (Wildman–Crippen LogP) is 6.08. The summed E-state index contributed by atoms with van der Waals surface area (Å²) in [4.78, 5) is 0. The molecule has 16 heavy (non-hydrogen) atoms. The summed E-state index contributed by atoms with van der Waals surface area (Å²) in [6.07, 6.45) is 0. The van der Waals surface area contributed by atoms with E-state index in [0.29, 0.717) is 0 Å². The van der Waals surface area contributed by atoms with Gasteiger partial charge in [0.2, 0.25) is 0 Å². The van der Waals surface area contributed by atoms with E-state index in [1.54, 1.807) is 0 Å². The third-order valence-electron chi connectivity index (χ3n) is 1.52. The fraction of sp³-hybridized carbons (Fsp3) is 0. The Morgan fingerprint density at radius 3 is 1.06 bits per heavy atom. The van der Waals surface area contributed by atoms with Gasteiger partial charge in [-0.1, -0.05) is 10.0 Å². The Balaban J connectivity index is 0.000000318. The number of rotatable bonds is 0.